The van der Waals surface area contributed by atoms with Crippen molar-refractivity contribution in [2.24, 2.45) is 0 Å². The Morgan fingerprint density at radius 1 is 1.48 bits per heavy atom. The lowest BCUT2D eigenvalue weighted by atomic mass is 10.1. The average Bonchev–Trinajstić information content (AvgIpc) is 2.68. The highest BCUT2D eigenvalue weighted by Crippen LogP contribution is 2.13. The lowest BCUT2D eigenvalue weighted by molar-refractivity contribution is 0.0512. The predicted molar refractivity (Wildman–Crippen MR) is 80.7 cm³/mol. The van der Waals surface area contributed by atoms with Crippen molar-refractivity contribution in [3.8, 4) is 0 Å². The Hall–Kier alpha value is -1.66. The van der Waals surface area contributed by atoms with Crippen molar-refractivity contribution < 1.29 is 9.53 Å². The van der Waals surface area contributed by atoms with Gasteiger partial charge >= 0.3 is 0 Å². The molecule has 0 aliphatic carbocycles. The molecule has 1 aromatic heterocycles. The fraction of sp³-hybridized carbons (Fsp3) is 0.600. The second kappa shape index (κ2) is 6.41. The number of H-pyrrole nitrogens is 1. The van der Waals surface area contributed by atoms with Gasteiger partial charge in [0.25, 0.3) is 5.91 Å². The molecule has 1 aliphatic heterocycles. The number of likely N-dealkylation sites (N-methyl/N-ethyl adjacent to an activating group) is 1. The van der Waals surface area contributed by atoms with Gasteiger partial charge in [-0.05, 0) is 27.8 Å². The average molecular weight is 293 g/mol. The third kappa shape index (κ3) is 3.51. The Labute approximate surface area is 124 Å². The Morgan fingerprint density at radius 2 is 2.19 bits per heavy atom. The van der Waals surface area contributed by atoms with Gasteiger partial charge in [0.05, 0.1) is 12.1 Å². The summed E-state index contributed by atoms with van der Waals surface area (Å²) >= 11 is 0. The zero-order valence-corrected chi connectivity index (χ0v) is 13.0. The molecule has 2 N–H and O–H groups in total. The summed E-state index contributed by atoms with van der Waals surface area (Å²) in [6, 6.07) is 1.35. The van der Waals surface area contributed by atoms with Crippen LogP contribution in [0.3, 0.4) is 0 Å². The summed E-state index contributed by atoms with van der Waals surface area (Å²) in [6.07, 6.45) is -0.0335. The second-order valence-corrected chi connectivity index (χ2v) is 5.61. The summed E-state index contributed by atoms with van der Waals surface area (Å²) in [5, 5.41) is 2.94. The van der Waals surface area contributed by atoms with Crippen LogP contribution < -0.4 is 10.7 Å². The molecule has 0 radical (unpaired) electrons. The van der Waals surface area contributed by atoms with Crippen molar-refractivity contribution in [1.29, 1.82) is 0 Å². The number of aryl methyl sites for hydroxylation is 2. The fourth-order valence-electron chi connectivity index (χ4n) is 2.85. The molecule has 2 heterocycles. The molecule has 0 spiro atoms. The monoisotopic (exact) mass is 293 g/mol. The number of hydrogen-bond acceptors (Lipinski definition) is 4. The van der Waals surface area contributed by atoms with Gasteiger partial charge in [0.2, 0.25) is 0 Å². The molecule has 116 valence electrons. The SMILES string of the molecule is CCO[C@H]1CN(C)C[C@@H]1NC(=O)c1c(C)[nH]c(C)cc1=O. The zero-order valence-electron chi connectivity index (χ0n) is 13.0. The molecule has 0 saturated carbocycles. The number of nitrogens with zero attached hydrogens (tertiary/aromatic N) is 1. The lowest BCUT2D eigenvalue weighted by Gasteiger charge is -2.20. The van der Waals surface area contributed by atoms with Gasteiger partial charge in [-0.3, -0.25) is 9.59 Å². The molecular weight excluding hydrogens is 270 g/mol. The van der Waals surface area contributed by atoms with Crippen LogP contribution in [0.25, 0.3) is 0 Å². The van der Waals surface area contributed by atoms with Crippen LogP contribution >= 0.6 is 0 Å². The van der Waals surface area contributed by atoms with Crippen molar-refractivity contribution in [2.75, 3.05) is 26.7 Å². The normalized spacial score (nSPS) is 22.5. The molecule has 1 fully saturated rings. The van der Waals surface area contributed by atoms with E-state index in [4.69, 9.17) is 4.74 Å². The van der Waals surface area contributed by atoms with Crippen LogP contribution in [-0.2, 0) is 4.74 Å². The van der Waals surface area contributed by atoms with E-state index in [9.17, 15) is 9.59 Å². The van der Waals surface area contributed by atoms with E-state index < -0.39 is 0 Å². The maximum atomic E-state index is 12.4. The number of likely N-dealkylation sites (tertiary alicyclic amines) is 1. The molecule has 1 saturated heterocycles. The molecule has 1 aliphatic rings. The summed E-state index contributed by atoms with van der Waals surface area (Å²) in [7, 11) is 1.99. The van der Waals surface area contributed by atoms with E-state index in [1.165, 1.54) is 6.07 Å². The van der Waals surface area contributed by atoms with Gasteiger partial charge in [0, 0.05) is 37.2 Å². The van der Waals surface area contributed by atoms with Crippen LogP contribution in [0.4, 0.5) is 0 Å². The highest BCUT2D eigenvalue weighted by molar-refractivity contribution is 5.95. The van der Waals surface area contributed by atoms with Gasteiger partial charge in [-0.2, -0.15) is 0 Å². The number of carbonyl (C=O) groups excluding carboxylic acids is 1. The van der Waals surface area contributed by atoms with Gasteiger partial charge in [-0.1, -0.05) is 0 Å². The maximum absolute atomic E-state index is 12.4. The van der Waals surface area contributed by atoms with Crippen LogP contribution in [0.2, 0.25) is 0 Å². The predicted octanol–water partition coefficient (Wildman–Crippen LogP) is 0.441. The summed E-state index contributed by atoms with van der Waals surface area (Å²) < 4.78 is 5.66. The van der Waals surface area contributed by atoms with E-state index in [2.05, 4.69) is 15.2 Å². The third-order valence-corrected chi connectivity index (χ3v) is 3.73. The van der Waals surface area contributed by atoms with Crippen molar-refractivity contribution >= 4 is 5.91 Å². The molecular formula is C15H23N3O3. The van der Waals surface area contributed by atoms with Crippen LogP contribution in [0, 0.1) is 13.8 Å². The van der Waals surface area contributed by atoms with E-state index >= 15 is 0 Å². The smallest absolute Gasteiger partial charge is 0.257 e. The highest BCUT2D eigenvalue weighted by Gasteiger charge is 2.33. The van der Waals surface area contributed by atoms with Crippen LogP contribution in [0.5, 0.6) is 0 Å². The Balaban J connectivity index is 2.16. The number of ether oxygens (including phenoxy) is 1. The first-order valence-electron chi connectivity index (χ1n) is 7.24. The number of aromatic nitrogens is 1. The Bertz CT molecular complexity index is 582. The summed E-state index contributed by atoms with van der Waals surface area (Å²) in [5.74, 6) is -0.334. The topological polar surface area (TPSA) is 74.4 Å². The molecule has 1 amide bonds. The van der Waals surface area contributed by atoms with E-state index in [1.807, 2.05) is 14.0 Å². The largest absolute Gasteiger partial charge is 0.375 e. The first kappa shape index (κ1) is 15.7. The van der Waals surface area contributed by atoms with E-state index in [0.717, 1.165) is 18.8 Å². The molecule has 21 heavy (non-hydrogen) atoms. The number of nitrogens with one attached hydrogen (secondary N) is 2. The quantitative estimate of drug-likeness (QED) is 0.845. The van der Waals surface area contributed by atoms with Gasteiger partial charge in [-0.15, -0.1) is 0 Å². The minimum Gasteiger partial charge on any atom is -0.375 e. The van der Waals surface area contributed by atoms with Gasteiger partial charge in [0.15, 0.2) is 5.43 Å². The number of rotatable bonds is 4. The third-order valence-electron chi connectivity index (χ3n) is 3.73. The lowest BCUT2D eigenvalue weighted by Crippen LogP contribution is -2.45. The minimum atomic E-state index is -0.334. The summed E-state index contributed by atoms with van der Waals surface area (Å²) in [4.78, 5) is 29.6. The molecule has 2 rings (SSSR count). The standard InChI is InChI=1S/C15H23N3O3/c1-5-21-13-8-18(4)7-11(13)17-15(20)14-10(3)16-9(2)6-12(14)19/h6,11,13H,5,7-8H2,1-4H3,(H,16,19)(H,17,20)/t11-,13-/m0/s1. The van der Waals surface area contributed by atoms with E-state index in [1.54, 1.807) is 13.8 Å². The number of aromatic amines is 1. The van der Waals surface area contributed by atoms with Crippen molar-refractivity contribution in [3.05, 3.63) is 33.2 Å². The molecule has 0 aromatic carbocycles. The molecule has 0 unspecified atom stereocenters. The Kier molecular flexibility index (Phi) is 4.80. The van der Waals surface area contributed by atoms with Gasteiger partial charge in [0.1, 0.15) is 5.56 Å². The molecule has 0 bridgehead atoms. The minimum absolute atomic E-state index is 0.0335. The number of pyridine rings is 1. The summed E-state index contributed by atoms with van der Waals surface area (Å²) in [6.45, 7) is 7.58. The van der Waals surface area contributed by atoms with Crippen molar-refractivity contribution in [3.63, 3.8) is 0 Å². The number of amides is 1. The van der Waals surface area contributed by atoms with Crippen molar-refractivity contribution in [1.82, 2.24) is 15.2 Å². The Morgan fingerprint density at radius 3 is 2.81 bits per heavy atom. The zero-order chi connectivity index (χ0) is 15.6. The molecule has 1 aromatic rings. The van der Waals surface area contributed by atoms with E-state index in [0.29, 0.717) is 12.3 Å². The molecule has 2 atom stereocenters. The van der Waals surface area contributed by atoms with Gasteiger partial charge < -0.3 is 19.9 Å². The fourth-order valence-corrected chi connectivity index (χ4v) is 2.85. The first-order chi connectivity index (χ1) is 9.92. The maximum Gasteiger partial charge on any atom is 0.257 e. The highest BCUT2D eigenvalue weighted by atomic mass is 16.5. The summed E-state index contributed by atoms with van der Waals surface area (Å²) in [5.41, 5.74) is 1.28. The number of carbonyl (C=O) groups is 1. The first-order valence-corrected chi connectivity index (χ1v) is 7.24. The van der Waals surface area contributed by atoms with Gasteiger partial charge in [-0.25, -0.2) is 0 Å². The molecule has 6 heteroatoms. The van der Waals surface area contributed by atoms with Crippen LogP contribution in [0.15, 0.2) is 10.9 Å². The second-order valence-electron chi connectivity index (χ2n) is 5.61. The van der Waals surface area contributed by atoms with Crippen molar-refractivity contribution in [2.45, 2.75) is 32.9 Å². The number of hydrogen-bond donors (Lipinski definition) is 2. The van der Waals surface area contributed by atoms with Crippen LogP contribution in [-0.4, -0.2) is 54.7 Å². The molecule has 6 nitrogen and oxygen atoms in total. The van der Waals surface area contributed by atoms with E-state index in [-0.39, 0.29) is 29.0 Å². The van der Waals surface area contributed by atoms with Crippen LogP contribution in [0.1, 0.15) is 28.7 Å².